The van der Waals surface area contributed by atoms with Gasteiger partial charge in [0, 0.05) is 13.3 Å². The predicted octanol–water partition coefficient (Wildman–Crippen LogP) is 4.20. The van der Waals surface area contributed by atoms with Crippen LogP contribution in [0.1, 0.15) is 71.1 Å². The molecule has 0 spiro atoms. The van der Waals surface area contributed by atoms with E-state index >= 15 is 0 Å². The lowest BCUT2D eigenvalue weighted by molar-refractivity contribution is -0.144. The van der Waals surface area contributed by atoms with Crippen LogP contribution in [0.5, 0.6) is 0 Å². The van der Waals surface area contributed by atoms with Gasteiger partial charge in [0.2, 0.25) is 0 Å². The van der Waals surface area contributed by atoms with E-state index in [2.05, 4.69) is 6.58 Å². The van der Waals surface area contributed by atoms with E-state index in [0.29, 0.717) is 6.42 Å². The molecule has 0 unspecified atom stereocenters. The predicted molar refractivity (Wildman–Crippen MR) is 78.0 cm³/mol. The fourth-order valence-electron chi connectivity index (χ4n) is 2.07. The summed E-state index contributed by atoms with van der Waals surface area (Å²) in [6.45, 7) is 5.11. The highest BCUT2D eigenvalue weighted by Crippen LogP contribution is 2.12. The Labute approximate surface area is 117 Å². The van der Waals surface area contributed by atoms with Crippen molar-refractivity contribution in [2.24, 2.45) is 0 Å². The highest BCUT2D eigenvalue weighted by Gasteiger charge is 2.06. The maximum atomic E-state index is 10.8. The largest absolute Gasteiger partial charge is 0.458 e. The first-order valence-electron chi connectivity index (χ1n) is 7.44. The molecule has 3 nitrogen and oxygen atoms in total. The third-order valence-corrected chi connectivity index (χ3v) is 3.14. The van der Waals surface area contributed by atoms with Crippen LogP contribution < -0.4 is 0 Å². The van der Waals surface area contributed by atoms with E-state index in [1.54, 1.807) is 6.08 Å². The lowest BCUT2D eigenvalue weighted by Gasteiger charge is -2.12. The van der Waals surface area contributed by atoms with E-state index in [-0.39, 0.29) is 12.1 Å². The molecule has 0 aliphatic rings. The van der Waals surface area contributed by atoms with Crippen LogP contribution in [-0.4, -0.2) is 18.4 Å². The summed E-state index contributed by atoms with van der Waals surface area (Å²) >= 11 is 0. The minimum absolute atomic E-state index is 0.124. The number of esters is 1. The average molecular weight is 268 g/mol. The van der Waals surface area contributed by atoms with Crippen molar-refractivity contribution >= 4 is 12.3 Å². The fraction of sp³-hybridized carbons (Fsp3) is 0.750. The van der Waals surface area contributed by atoms with Crippen LogP contribution in [-0.2, 0) is 14.3 Å². The Morgan fingerprint density at radius 3 is 2.05 bits per heavy atom. The van der Waals surface area contributed by atoms with Crippen LogP contribution >= 0.6 is 0 Å². The molecule has 19 heavy (non-hydrogen) atoms. The topological polar surface area (TPSA) is 43.4 Å². The minimum Gasteiger partial charge on any atom is -0.458 e. The standard InChI is InChI=1S/C16H28O3/c1-3-16(19-15(2)18)13-11-9-7-5-4-6-8-10-12-14-17/h3,14,16H,1,4-13H2,2H3/t16-/m1/s1. The number of hydrogen-bond donors (Lipinski definition) is 0. The van der Waals surface area contributed by atoms with Crippen molar-refractivity contribution in [3.8, 4) is 0 Å². The quantitative estimate of drug-likeness (QED) is 0.217. The molecule has 0 fully saturated rings. The van der Waals surface area contributed by atoms with Crippen molar-refractivity contribution < 1.29 is 14.3 Å². The van der Waals surface area contributed by atoms with Crippen LogP contribution in [0.3, 0.4) is 0 Å². The summed E-state index contributed by atoms with van der Waals surface area (Å²) in [6.07, 6.45) is 13.6. The summed E-state index contributed by atoms with van der Waals surface area (Å²) in [5, 5.41) is 0. The monoisotopic (exact) mass is 268 g/mol. The van der Waals surface area contributed by atoms with Crippen molar-refractivity contribution in [1.29, 1.82) is 0 Å². The van der Waals surface area contributed by atoms with E-state index in [9.17, 15) is 9.59 Å². The van der Waals surface area contributed by atoms with Crippen molar-refractivity contribution in [3.63, 3.8) is 0 Å². The van der Waals surface area contributed by atoms with Gasteiger partial charge in [-0.25, -0.2) is 0 Å². The lowest BCUT2D eigenvalue weighted by Crippen LogP contribution is -2.13. The molecule has 0 aromatic heterocycles. The molecular weight excluding hydrogens is 240 g/mol. The van der Waals surface area contributed by atoms with Gasteiger partial charge in [0.05, 0.1) is 0 Å². The molecule has 0 rings (SSSR count). The summed E-state index contributed by atoms with van der Waals surface area (Å²) in [4.78, 5) is 20.9. The highest BCUT2D eigenvalue weighted by atomic mass is 16.5. The third kappa shape index (κ3) is 13.1. The molecule has 0 aromatic rings. The minimum atomic E-state index is -0.236. The zero-order chi connectivity index (χ0) is 14.3. The average Bonchev–Trinajstić information content (AvgIpc) is 2.39. The first kappa shape index (κ1) is 17.9. The van der Waals surface area contributed by atoms with Gasteiger partial charge >= 0.3 is 5.97 Å². The number of carbonyl (C=O) groups is 2. The van der Waals surface area contributed by atoms with Gasteiger partial charge in [0.25, 0.3) is 0 Å². The normalized spacial score (nSPS) is 11.8. The number of hydrogen-bond acceptors (Lipinski definition) is 3. The second-order valence-electron chi connectivity index (χ2n) is 4.96. The van der Waals surface area contributed by atoms with Crippen molar-refractivity contribution in [3.05, 3.63) is 12.7 Å². The molecule has 0 radical (unpaired) electrons. The van der Waals surface area contributed by atoms with Gasteiger partial charge in [-0.1, -0.05) is 51.2 Å². The molecular formula is C16H28O3. The Morgan fingerprint density at radius 1 is 1.05 bits per heavy atom. The fourth-order valence-corrected chi connectivity index (χ4v) is 2.07. The van der Waals surface area contributed by atoms with E-state index in [1.165, 1.54) is 45.4 Å². The van der Waals surface area contributed by atoms with Gasteiger partial charge in [-0.05, 0) is 19.3 Å². The van der Waals surface area contributed by atoms with Gasteiger partial charge in [-0.15, -0.1) is 0 Å². The smallest absolute Gasteiger partial charge is 0.303 e. The van der Waals surface area contributed by atoms with Crippen LogP contribution in [0.25, 0.3) is 0 Å². The molecule has 0 aromatic carbocycles. The highest BCUT2D eigenvalue weighted by molar-refractivity contribution is 5.66. The Bertz CT molecular complexity index is 248. The Kier molecular flexibility index (Phi) is 12.5. The molecule has 1 atom stereocenters. The Hall–Kier alpha value is -1.12. The van der Waals surface area contributed by atoms with Crippen molar-refractivity contribution in [2.75, 3.05) is 0 Å². The molecule has 0 aliphatic carbocycles. The lowest BCUT2D eigenvalue weighted by atomic mass is 10.1. The molecule has 0 heterocycles. The molecule has 0 aliphatic heterocycles. The van der Waals surface area contributed by atoms with Crippen molar-refractivity contribution in [2.45, 2.75) is 77.2 Å². The van der Waals surface area contributed by atoms with Gasteiger partial charge in [-0.2, -0.15) is 0 Å². The molecule has 110 valence electrons. The summed E-state index contributed by atoms with van der Waals surface area (Å²) in [7, 11) is 0. The molecule has 0 bridgehead atoms. The Balaban J connectivity index is 3.27. The molecule has 0 saturated carbocycles. The molecule has 0 saturated heterocycles. The summed E-state index contributed by atoms with van der Waals surface area (Å²) in [5.41, 5.74) is 0. The molecule has 3 heteroatoms. The van der Waals surface area contributed by atoms with Crippen LogP contribution in [0.4, 0.5) is 0 Å². The summed E-state index contributed by atoms with van der Waals surface area (Å²) < 4.78 is 5.10. The van der Waals surface area contributed by atoms with E-state index in [0.717, 1.165) is 25.5 Å². The van der Waals surface area contributed by atoms with E-state index < -0.39 is 0 Å². The first-order valence-corrected chi connectivity index (χ1v) is 7.44. The van der Waals surface area contributed by atoms with E-state index in [1.807, 2.05) is 0 Å². The SMILES string of the molecule is C=C[C@H](CCCCCCCCCCC=O)OC(C)=O. The van der Waals surface area contributed by atoms with E-state index in [4.69, 9.17) is 4.74 Å². The molecule has 0 amide bonds. The van der Waals surface area contributed by atoms with Gasteiger partial charge in [0.15, 0.2) is 0 Å². The van der Waals surface area contributed by atoms with Crippen LogP contribution in [0, 0.1) is 0 Å². The maximum Gasteiger partial charge on any atom is 0.303 e. The third-order valence-electron chi connectivity index (χ3n) is 3.14. The number of ether oxygens (including phenoxy) is 1. The summed E-state index contributed by atoms with van der Waals surface area (Å²) in [5.74, 6) is -0.236. The zero-order valence-corrected chi connectivity index (χ0v) is 12.2. The number of rotatable bonds is 13. The van der Waals surface area contributed by atoms with Gasteiger partial charge in [0.1, 0.15) is 12.4 Å². The number of carbonyl (C=O) groups excluding carboxylic acids is 2. The number of unbranched alkanes of at least 4 members (excludes halogenated alkanes) is 8. The second-order valence-corrected chi connectivity index (χ2v) is 4.96. The van der Waals surface area contributed by atoms with Crippen LogP contribution in [0.15, 0.2) is 12.7 Å². The Morgan fingerprint density at radius 2 is 1.58 bits per heavy atom. The number of aldehydes is 1. The maximum absolute atomic E-state index is 10.8. The van der Waals surface area contributed by atoms with Gasteiger partial charge < -0.3 is 9.53 Å². The van der Waals surface area contributed by atoms with Crippen LogP contribution in [0.2, 0.25) is 0 Å². The zero-order valence-electron chi connectivity index (χ0n) is 12.2. The molecule has 0 N–H and O–H groups in total. The van der Waals surface area contributed by atoms with Gasteiger partial charge in [-0.3, -0.25) is 4.79 Å². The second kappa shape index (κ2) is 13.3. The van der Waals surface area contributed by atoms with Crippen molar-refractivity contribution in [1.82, 2.24) is 0 Å². The first-order chi connectivity index (χ1) is 9.20. The summed E-state index contributed by atoms with van der Waals surface area (Å²) in [6, 6.07) is 0.